The van der Waals surface area contributed by atoms with E-state index in [2.05, 4.69) is 67.7 Å². The van der Waals surface area contributed by atoms with E-state index in [1.165, 1.54) is 11.1 Å². The van der Waals surface area contributed by atoms with Crippen molar-refractivity contribution in [2.24, 2.45) is 0 Å². The summed E-state index contributed by atoms with van der Waals surface area (Å²) in [7, 11) is 0. The molecule has 0 spiro atoms. The number of aromatic nitrogens is 2. The highest BCUT2D eigenvalue weighted by molar-refractivity contribution is 9.10. The number of hydrogen-bond acceptors (Lipinski definition) is 4. The molecule has 0 atom stereocenters. The van der Waals surface area contributed by atoms with E-state index < -0.39 is 0 Å². The fourth-order valence-electron chi connectivity index (χ4n) is 2.28. The zero-order valence-corrected chi connectivity index (χ0v) is 15.3. The summed E-state index contributed by atoms with van der Waals surface area (Å²) in [5, 5.41) is 6.59. The molecule has 1 heterocycles. The van der Waals surface area contributed by atoms with Crippen molar-refractivity contribution in [3.63, 3.8) is 0 Å². The Morgan fingerprint density at radius 1 is 0.917 bits per heavy atom. The first-order valence-electron chi connectivity index (χ1n) is 7.76. The highest BCUT2D eigenvalue weighted by atomic mass is 79.9. The van der Waals surface area contributed by atoms with Crippen molar-refractivity contribution in [1.82, 2.24) is 9.97 Å². The number of benzene rings is 2. The zero-order chi connectivity index (χ0) is 16.9. The topological polar surface area (TPSA) is 49.8 Å². The first-order chi connectivity index (χ1) is 11.6. The maximum absolute atomic E-state index is 4.54. The molecule has 3 aromatic rings. The van der Waals surface area contributed by atoms with Gasteiger partial charge in [-0.15, -0.1) is 0 Å². The van der Waals surface area contributed by atoms with Gasteiger partial charge in [0.05, 0.1) is 0 Å². The van der Waals surface area contributed by atoms with Crippen LogP contribution in [-0.2, 0) is 6.54 Å². The molecular formula is C19H19BrN4. The van der Waals surface area contributed by atoms with Crippen LogP contribution in [-0.4, -0.2) is 9.97 Å². The molecule has 0 bridgehead atoms. The summed E-state index contributed by atoms with van der Waals surface area (Å²) < 4.78 is 1.04. The smallest absolute Gasteiger partial charge is 0.229 e. The van der Waals surface area contributed by atoms with Gasteiger partial charge < -0.3 is 10.6 Å². The van der Waals surface area contributed by atoms with Crippen LogP contribution in [0.5, 0.6) is 0 Å². The van der Waals surface area contributed by atoms with Crippen LogP contribution in [0.4, 0.5) is 17.5 Å². The summed E-state index contributed by atoms with van der Waals surface area (Å²) in [5.74, 6) is 1.39. The number of nitrogens with one attached hydrogen (secondary N) is 2. The number of anilines is 3. The lowest BCUT2D eigenvalue weighted by Crippen LogP contribution is -2.05. The molecule has 0 unspecified atom stereocenters. The molecule has 3 rings (SSSR count). The van der Waals surface area contributed by atoms with Crippen LogP contribution in [0.2, 0.25) is 0 Å². The molecule has 0 amide bonds. The molecule has 2 aromatic carbocycles. The summed E-state index contributed by atoms with van der Waals surface area (Å²) >= 11 is 3.43. The molecule has 5 heteroatoms. The minimum atomic E-state index is 0.587. The molecule has 0 fully saturated rings. The van der Waals surface area contributed by atoms with Crippen LogP contribution < -0.4 is 10.6 Å². The Hall–Kier alpha value is -2.40. The number of aryl methyl sites for hydroxylation is 2. The van der Waals surface area contributed by atoms with Crippen molar-refractivity contribution >= 4 is 33.4 Å². The molecule has 0 aliphatic rings. The molecule has 0 saturated heterocycles. The van der Waals surface area contributed by atoms with Crippen molar-refractivity contribution in [2.75, 3.05) is 10.6 Å². The third-order valence-corrected chi connectivity index (χ3v) is 4.08. The molecular weight excluding hydrogens is 364 g/mol. The second-order valence-corrected chi connectivity index (χ2v) is 6.60. The van der Waals surface area contributed by atoms with E-state index in [0.717, 1.165) is 28.2 Å². The maximum atomic E-state index is 4.54. The minimum Gasteiger partial charge on any atom is -0.366 e. The molecule has 1 aromatic heterocycles. The lowest BCUT2D eigenvalue weighted by Gasteiger charge is -2.10. The Bertz CT molecular complexity index is 814. The Morgan fingerprint density at radius 2 is 1.62 bits per heavy atom. The first kappa shape index (κ1) is 16.5. The predicted octanol–water partition coefficient (Wildman–Crippen LogP) is 5.21. The van der Waals surface area contributed by atoms with Crippen LogP contribution in [0.1, 0.15) is 16.8 Å². The maximum Gasteiger partial charge on any atom is 0.229 e. The second kappa shape index (κ2) is 7.45. The van der Waals surface area contributed by atoms with E-state index in [1.807, 2.05) is 37.3 Å². The van der Waals surface area contributed by atoms with Gasteiger partial charge in [0.1, 0.15) is 5.82 Å². The van der Waals surface area contributed by atoms with Gasteiger partial charge >= 0.3 is 0 Å². The predicted molar refractivity (Wildman–Crippen MR) is 103 cm³/mol. The lowest BCUT2D eigenvalue weighted by atomic mass is 10.1. The second-order valence-electron chi connectivity index (χ2n) is 5.69. The first-order valence-corrected chi connectivity index (χ1v) is 8.55. The van der Waals surface area contributed by atoms with Crippen molar-refractivity contribution in [1.29, 1.82) is 0 Å². The van der Waals surface area contributed by atoms with E-state index >= 15 is 0 Å². The quantitative estimate of drug-likeness (QED) is 0.635. The van der Waals surface area contributed by atoms with Gasteiger partial charge in [-0.2, -0.15) is 4.98 Å². The zero-order valence-electron chi connectivity index (χ0n) is 13.7. The van der Waals surface area contributed by atoms with Gasteiger partial charge in [0, 0.05) is 28.5 Å². The van der Waals surface area contributed by atoms with Crippen LogP contribution in [0.15, 0.2) is 59.1 Å². The lowest BCUT2D eigenvalue weighted by molar-refractivity contribution is 1.06. The summed E-state index contributed by atoms with van der Waals surface area (Å²) in [4.78, 5) is 8.98. The highest BCUT2D eigenvalue weighted by Gasteiger charge is 2.03. The molecule has 2 N–H and O–H groups in total. The molecule has 0 radical (unpaired) electrons. The summed E-state index contributed by atoms with van der Waals surface area (Å²) in [6.45, 7) is 4.78. The van der Waals surface area contributed by atoms with Crippen molar-refractivity contribution in [3.05, 3.63) is 75.9 Å². The summed E-state index contributed by atoms with van der Waals surface area (Å²) in [5.41, 5.74) is 4.35. The third-order valence-electron chi connectivity index (χ3n) is 3.55. The van der Waals surface area contributed by atoms with Crippen molar-refractivity contribution in [3.8, 4) is 0 Å². The highest BCUT2D eigenvalue weighted by Crippen LogP contribution is 2.19. The van der Waals surface area contributed by atoms with Crippen molar-refractivity contribution < 1.29 is 0 Å². The number of rotatable bonds is 5. The van der Waals surface area contributed by atoms with E-state index in [-0.39, 0.29) is 0 Å². The van der Waals surface area contributed by atoms with Crippen LogP contribution in [0.25, 0.3) is 0 Å². The Balaban J connectivity index is 1.71. The van der Waals surface area contributed by atoms with E-state index in [0.29, 0.717) is 5.95 Å². The Morgan fingerprint density at radius 3 is 2.33 bits per heavy atom. The van der Waals surface area contributed by atoms with E-state index in [4.69, 9.17) is 0 Å². The average molecular weight is 383 g/mol. The van der Waals surface area contributed by atoms with Gasteiger partial charge in [-0.3, -0.25) is 0 Å². The number of hydrogen-bond donors (Lipinski definition) is 2. The standard InChI is InChI=1S/C19H19BrN4/c1-13-3-5-15(6-4-13)12-21-18-11-14(2)22-19(24-18)23-17-9-7-16(20)8-10-17/h3-11H,12H2,1-2H3,(H2,21,22,23,24). The Kier molecular flexibility index (Phi) is 5.11. The number of halogens is 1. The summed E-state index contributed by atoms with van der Waals surface area (Å²) in [6, 6.07) is 18.3. The van der Waals surface area contributed by atoms with E-state index in [1.54, 1.807) is 0 Å². The molecule has 122 valence electrons. The van der Waals surface area contributed by atoms with Gasteiger partial charge in [-0.25, -0.2) is 4.98 Å². The SMILES string of the molecule is Cc1ccc(CNc2cc(C)nc(Nc3ccc(Br)cc3)n2)cc1. The number of nitrogens with zero attached hydrogens (tertiary/aromatic N) is 2. The molecule has 4 nitrogen and oxygen atoms in total. The van der Waals surface area contributed by atoms with Gasteiger partial charge in [-0.1, -0.05) is 45.8 Å². The van der Waals surface area contributed by atoms with E-state index in [9.17, 15) is 0 Å². The molecule has 0 aliphatic heterocycles. The van der Waals surface area contributed by atoms with Gasteiger partial charge in [0.15, 0.2) is 0 Å². The molecule has 24 heavy (non-hydrogen) atoms. The van der Waals surface area contributed by atoms with Gasteiger partial charge in [0.25, 0.3) is 0 Å². The van der Waals surface area contributed by atoms with Crippen LogP contribution in [0.3, 0.4) is 0 Å². The molecule has 0 saturated carbocycles. The monoisotopic (exact) mass is 382 g/mol. The minimum absolute atomic E-state index is 0.587. The largest absolute Gasteiger partial charge is 0.366 e. The fourth-order valence-corrected chi connectivity index (χ4v) is 2.54. The summed E-state index contributed by atoms with van der Waals surface area (Å²) in [6.07, 6.45) is 0. The van der Waals surface area contributed by atoms with Crippen LogP contribution >= 0.6 is 15.9 Å². The normalized spacial score (nSPS) is 10.5. The third kappa shape index (κ3) is 4.55. The molecule has 0 aliphatic carbocycles. The van der Waals surface area contributed by atoms with Crippen LogP contribution in [0, 0.1) is 13.8 Å². The van der Waals surface area contributed by atoms with Gasteiger partial charge in [0.2, 0.25) is 5.95 Å². The van der Waals surface area contributed by atoms with Crippen molar-refractivity contribution in [2.45, 2.75) is 20.4 Å². The Labute approximate surface area is 150 Å². The van der Waals surface area contributed by atoms with Gasteiger partial charge in [-0.05, 0) is 43.7 Å². The fraction of sp³-hybridized carbons (Fsp3) is 0.158. The average Bonchev–Trinajstić information content (AvgIpc) is 2.56.